The predicted octanol–water partition coefficient (Wildman–Crippen LogP) is 10.9. The number of imidazole rings is 1. The van der Waals surface area contributed by atoms with Gasteiger partial charge in [0.05, 0.1) is 5.69 Å². The van der Waals surface area contributed by atoms with E-state index in [9.17, 15) is 0 Å². The summed E-state index contributed by atoms with van der Waals surface area (Å²) < 4.78 is 2.45. The lowest BCUT2D eigenvalue weighted by molar-refractivity contribution is 0.518. The van der Waals surface area contributed by atoms with Crippen LogP contribution in [0.2, 0.25) is 0 Å². The summed E-state index contributed by atoms with van der Waals surface area (Å²) in [6.07, 6.45) is 29.3. The Bertz CT molecular complexity index is 960. The largest absolute Gasteiger partial charge is 0.334 e. The summed E-state index contributed by atoms with van der Waals surface area (Å²) in [4.78, 5) is 5.09. The van der Waals surface area contributed by atoms with E-state index in [-0.39, 0.29) is 0 Å². The third-order valence-electron chi connectivity index (χ3n) is 8.11. The SMILES string of the molecule is CCCCCCCCCCCCCCCCCCn1cc(CCCc2ccccc2)nc1Cc1ccccc1. The highest BCUT2D eigenvalue weighted by Crippen LogP contribution is 2.16. The van der Waals surface area contributed by atoms with Crippen molar-refractivity contribution in [3.05, 3.63) is 89.5 Å². The number of aryl methyl sites for hydroxylation is 3. The van der Waals surface area contributed by atoms with Crippen molar-refractivity contribution >= 4 is 0 Å². The van der Waals surface area contributed by atoms with Crippen molar-refractivity contribution < 1.29 is 0 Å². The second-order valence-electron chi connectivity index (χ2n) is 11.6. The van der Waals surface area contributed by atoms with E-state index in [1.165, 1.54) is 125 Å². The maximum absolute atomic E-state index is 5.09. The number of hydrogen-bond donors (Lipinski definition) is 0. The van der Waals surface area contributed by atoms with E-state index in [4.69, 9.17) is 4.98 Å². The first kappa shape index (κ1) is 31.2. The van der Waals surface area contributed by atoms with E-state index >= 15 is 0 Å². The topological polar surface area (TPSA) is 17.8 Å². The molecule has 0 aliphatic carbocycles. The van der Waals surface area contributed by atoms with Gasteiger partial charge in [-0.15, -0.1) is 0 Å². The molecule has 0 bridgehead atoms. The number of nitrogens with zero attached hydrogens (tertiary/aromatic N) is 2. The highest BCUT2D eigenvalue weighted by Gasteiger charge is 2.09. The van der Waals surface area contributed by atoms with Crippen LogP contribution in [0, 0.1) is 0 Å². The van der Waals surface area contributed by atoms with Crippen LogP contribution in [-0.4, -0.2) is 9.55 Å². The average molecular weight is 529 g/mol. The Morgan fingerprint density at radius 1 is 0.513 bits per heavy atom. The Morgan fingerprint density at radius 2 is 1.00 bits per heavy atom. The van der Waals surface area contributed by atoms with Gasteiger partial charge in [0.1, 0.15) is 5.82 Å². The first-order valence-corrected chi connectivity index (χ1v) is 16.5. The van der Waals surface area contributed by atoms with Gasteiger partial charge >= 0.3 is 0 Å². The van der Waals surface area contributed by atoms with Crippen LogP contribution in [-0.2, 0) is 25.8 Å². The maximum atomic E-state index is 5.09. The van der Waals surface area contributed by atoms with E-state index in [2.05, 4.69) is 78.4 Å². The number of aromatic nitrogens is 2. The van der Waals surface area contributed by atoms with E-state index in [1.807, 2.05) is 0 Å². The Balaban J connectivity index is 1.28. The van der Waals surface area contributed by atoms with Crippen molar-refractivity contribution in [1.82, 2.24) is 9.55 Å². The second-order valence-corrected chi connectivity index (χ2v) is 11.6. The molecule has 0 atom stereocenters. The van der Waals surface area contributed by atoms with Gasteiger partial charge < -0.3 is 4.57 Å². The molecule has 2 nitrogen and oxygen atoms in total. The molecule has 0 amide bonds. The third-order valence-corrected chi connectivity index (χ3v) is 8.11. The zero-order valence-corrected chi connectivity index (χ0v) is 25.1. The normalized spacial score (nSPS) is 11.3. The van der Waals surface area contributed by atoms with Crippen molar-refractivity contribution in [2.24, 2.45) is 0 Å². The smallest absolute Gasteiger partial charge is 0.113 e. The van der Waals surface area contributed by atoms with Gasteiger partial charge in [0, 0.05) is 19.2 Å². The van der Waals surface area contributed by atoms with Crippen molar-refractivity contribution in [3.8, 4) is 0 Å². The highest BCUT2D eigenvalue weighted by molar-refractivity contribution is 5.21. The minimum Gasteiger partial charge on any atom is -0.334 e. The van der Waals surface area contributed by atoms with Crippen LogP contribution in [0.15, 0.2) is 66.9 Å². The maximum Gasteiger partial charge on any atom is 0.113 e. The quantitative estimate of drug-likeness (QED) is 0.112. The third kappa shape index (κ3) is 14.0. The van der Waals surface area contributed by atoms with Gasteiger partial charge in [-0.3, -0.25) is 0 Å². The minimum atomic E-state index is 0.929. The molecule has 0 radical (unpaired) electrons. The Hall–Kier alpha value is -2.35. The fourth-order valence-corrected chi connectivity index (χ4v) is 5.70. The second kappa shape index (κ2) is 20.5. The molecule has 1 aromatic heterocycles. The molecule has 0 fully saturated rings. The molecule has 0 N–H and O–H groups in total. The van der Waals surface area contributed by atoms with Crippen LogP contribution >= 0.6 is 0 Å². The molecule has 0 unspecified atom stereocenters. The van der Waals surface area contributed by atoms with E-state index in [1.54, 1.807) is 0 Å². The van der Waals surface area contributed by atoms with Gasteiger partial charge in [-0.2, -0.15) is 0 Å². The van der Waals surface area contributed by atoms with Gasteiger partial charge in [-0.25, -0.2) is 4.98 Å². The van der Waals surface area contributed by atoms with Gasteiger partial charge in [-0.1, -0.05) is 164 Å². The lowest BCUT2D eigenvalue weighted by Crippen LogP contribution is -2.04. The number of unbranched alkanes of at least 4 members (excludes halogenated alkanes) is 15. The molecule has 39 heavy (non-hydrogen) atoms. The Kier molecular flexibility index (Phi) is 16.4. The van der Waals surface area contributed by atoms with Crippen molar-refractivity contribution in [1.29, 1.82) is 0 Å². The van der Waals surface area contributed by atoms with Crippen LogP contribution in [0.1, 0.15) is 139 Å². The highest BCUT2D eigenvalue weighted by atomic mass is 15.1. The summed E-state index contributed by atoms with van der Waals surface area (Å²) in [6, 6.07) is 21.7. The molecule has 3 aromatic rings. The lowest BCUT2D eigenvalue weighted by Gasteiger charge is -2.08. The Labute approximate surface area is 240 Å². The summed E-state index contributed by atoms with van der Waals surface area (Å²) in [7, 11) is 0. The van der Waals surface area contributed by atoms with E-state index < -0.39 is 0 Å². The molecule has 0 aliphatic rings. The van der Waals surface area contributed by atoms with Gasteiger partial charge in [0.25, 0.3) is 0 Å². The lowest BCUT2D eigenvalue weighted by atomic mass is 10.0. The molecule has 0 spiro atoms. The van der Waals surface area contributed by atoms with Crippen LogP contribution in [0.5, 0.6) is 0 Å². The van der Waals surface area contributed by atoms with Crippen molar-refractivity contribution in [3.63, 3.8) is 0 Å². The van der Waals surface area contributed by atoms with Gasteiger partial charge in [0.15, 0.2) is 0 Å². The first-order chi connectivity index (χ1) is 19.3. The summed E-state index contributed by atoms with van der Waals surface area (Å²) in [6.45, 7) is 3.40. The molecular weight excluding hydrogens is 472 g/mol. The standard InChI is InChI=1S/C37H56N2/c1-2-3-4-5-6-7-8-9-10-11-12-13-14-15-16-23-31-39-33-36(30-24-29-34-25-19-17-20-26-34)38-37(39)32-35-27-21-18-22-28-35/h17-22,25-28,33H,2-16,23-24,29-32H2,1H3. The zero-order chi connectivity index (χ0) is 27.2. The predicted molar refractivity (Wildman–Crippen MR) is 169 cm³/mol. The summed E-state index contributed by atoms with van der Waals surface area (Å²) in [5.41, 5.74) is 4.04. The fraction of sp³-hybridized carbons (Fsp3) is 0.595. The minimum absolute atomic E-state index is 0.929. The van der Waals surface area contributed by atoms with Crippen molar-refractivity contribution in [2.75, 3.05) is 0 Å². The summed E-state index contributed by atoms with van der Waals surface area (Å²) in [5.74, 6) is 1.23. The Morgan fingerprint density at radius 3 is 1.54 bits per heavy atom. The van der Waals surface area contributed by atoms with Crippen LogP contribution in [0.25, 0.3) is 0 Å². The molecule has 0 aliphatic heterocycles. The molecule has 214 valence electrons. The van der Waals surface area contributed by atoms with Crippen LogP contribution in [0.4, 0.5) is 0 Å². The summed E-state index contributed by atoms with van der Waals surface area (Å²) >= 11 is 0. The van der Waals surface area contributed by atoms with Crippen LogP contribution in [0.3, 0.4) is 0 Å². The monoisotopic (exact) mass is 528 g/mol. The molecule has 0 saturated carbocycles. The molecular formula is C37H56N2. The number of rotatable bonds is 23. The molecule has 2 heteroatoms. The van der Waals surface area contributed by atoms with Gasteiger partial charge in [0.2, 0.25) is 0 Å². The van der Waals surface area contributed by atoms with Gasteiger partial charge in [-0.05, 0) is 36.8 Å². The molecule has 1 heterocycles. The van der Waals surface area contributed by atoms with Crippen molar-refractivity contribution in [2.45, 2.75) is 142 Å². The first-order valence-electron chi connectivity index (χ1n) is 16.5. The average Bonchev–Trinajstić information content (AvgIpc) is 3.34. The molecule has 0 saturated heterocycles. The molecule has 2 aromatic carbocycles. The number of benzene rings is 2. The zero-order valence-electron chi connectivity index (χ0n) is 25.1. The number of hydrogen-bond acceptors (Lipinski definition) is 1. The molecule has 3 rings (SSSR count). The van der Waals surface area contributed by atoms with E-state index in [0.29, 0.717) is 0 Å². The van der Waals surface area contributed by atoms with Crippen LogP contribution < -0.4 is 0 Å². The van der Waals surface area contributed by atoms with E-state index in [0.717, 1.165) is 32.2 Å². The fourth-order valence-electron chi connectivity index (χ4n) is 5.70. The summed E-state index contributed by atoms with van der Waals surface area (Å²) in [5, 5.41) is 0.